The first kappa shape index (κ1) is 16.1. The molecule has 15 heavy (non-hydrogen) atoms. The van der Waals surface area contributed by atoms with E-state index in [0.717, 1.165) is 4.58 Å². The maximum atomic E-state index is 2.30. The predicted molar refractivity (Wildman–Crippen MR) is 81.5 cm³/mol. The highest BCUT2D eigenvalue weighted by Gasteiger charge is 2.19. The van der Waals surface area contributed by atoms with Crippen LogP contribution in [-0.4, -0.2) is 26.1 Å². The maximum Gasteiger partial charge on any atom is 0.0512 e. The Bertz CT molecular complexity index is 165. The molecular formula is C12H26S3. The lowest BCUT2D eigenvalue weighted by atomic mass is 10.3. The highest BCUT2D eigenvalue weighted by molar-refractivity contribution is 8.17. The van der Waals surface area contributed by atoms with E-state index in [9.17, 15) is 0 Å². The van der Waals surface area contributed by atoms with Gasteiger partial charge in [-0.2, -0.15) is 23.5 Å². The summed E-state index contributed by atoms with van der Waals surface area (Å²) in [4.78, 5) is 0. The summed E-state index contributed by atoms with van der Waals surface area (Å²) in [5.74, 6) is 1.28. The lowest BCUT2D eigenvalue weighted by molar-refractivity contribution is 0.793. The van der Waals surface area contributed by atoms with Crippen molar-refractivity contribution in [2.75, 3.05) is 12.0 Å². The molecule has 0 aliphatic rings. The minimum absolute atomic E-state index is 0.389. The van der Waals surface area contributed by atoms with Gasteiger partial charge in [0.15, 0.2) is 0 Å². The van der Waals surface area contributed by atoms with Crippen LogP contribution in [0.3, 0.4) is 0 Å². The summed E-state index contributed by atoms with van der Waals surface area (Å²) in [6.07, 6.45) is 3.54. The summed E-state index contributed by atoms with van der Waals surface area (Å²) >= 11 is 6.18. The smallest absolute Gasteiger partial charge is 0.0512 e. The average Bonchev–Trinajstić information content (AvgIpc) is 1.97. The van der Waals surface area contributed by atoms with Crippen LogP contribution in [0.1, 0.15) is 48.0 Å². The van der Waals surface area contributed by atoms with Crippen molar-refractivity contribution in [1.82, 2.24) is 0 Å². The Hall–Kier alpha value is 1.05. The molecule has 0 aromatic rings. The van der Waals surface area contributed by atoms with Gasteiger partial charge in [0.2, 0.25) is 0 Å². The highest BCUT2D eigenvalue weighted by Crippen LogP contribution is 2.36. The van der Waals surface area contributed by atoms with Crippen LogP contribution < -0.4 is 0 Å². The van der Waals surface area contributed by atoms with Gasteiger partial charge in [-0.25, -0.2) is 0 Å². The van der Waals surface area contributed by atoms with E-state index in [0.29, 0.717) is 9.49 Å². The van der Waals surface area contributed by atoms with E-state index in [2.05, 4.69) is 71.3 Å². The number of hydrogen-bond acceptors (Lipinski definition) is 3. The van der Waals surface area contributed by atoms with Crippen LogP contribution in [0.25, 0.3) is 0 Å². The third-order valence-electron chi connectivity index (χ3n) is 1.64. The lowest BCUT2D eigenvalue weighted by Crippen LogP contribution is -2.15. The van der Waals surface area contributed by atoms with Gasteiger partial charge >= 0.3 is 0 Å². The Morgan fingerprint density at radius 2 is 1.47 bits per heavy atom. The molecule has 0 bridgehead atoms. The first-order chi connectivity index (χ1) is 6.64. The van der Waals surface area contributed by atoms with Crippen LogP contribution in [0.15, 0.2) is 0 Å². The molecule has 0 N–H and O–H groups in total. The molecular weight excluding hydrogens is 240 g/mol. The Kier molecular flexibility index (Phi) is 7.17. The Morgan fingerprint density at radius 3 is 1.80 bits per heavy atom. The monoisotopic (exact) mass is 266 g/mol. The molecule has 1 atom stereocenters. The molecule has 0 aliphatic carbocycles. The van der Waals surface area contributed by atoms with Gasteiger partial charge in [0.1, 0.15) is 0 Å². The fourth-order valence-corrected chi connectivity index (χ4v) is 4.97. The van der Waals surface area contributed by atoms with Gasteiger partial charge in [0, 0.05) is 9.49 Å². The molecule has 0 nitrogen and oxygen atoms in total. The Morgan fingerprint density at radius 1 is 0.933 bits per heavy atom. The standard InChI is InChI=1S/C12H26S3/c1-11(2,3)14-9-8-10(13-7)15-12(4,5)6/h10H,8-9H2,1-7H3. The van der Waals surface area contributed by atoms with Crippen molar-refractivity contribution >= 4 is 35.3 Å². The molecule has 0 rings (SSSR count). The maximum absolute atomic E-state index is 2.30. The summed E-state index contributed by atoms with van der Waals surface area (Å²) in [5, 5.41) is 0. The van der Waals surface area contributed by atoms with E-state index in [1.807, 2.05) is 11.8 Å². The molecule has 0 saturated carbocycles. The fraction of sp³-hybridized carbons (Fsp3) is 1.00. The molecule has 1 unspecified atom stereocenters. The zero-order valence-electron chi connectivity index (χ0n) is 11.2. The first-order valence-electron chi connectivity index (χ1n) is 5.48. The van der Waals surface area contributed by atoms with Gasteiger partial charge in [0.05, 0.1) is 4.58 Å². The fourth-order valence-electron chi connectivity index (χ4n) is 1.08. The zero-order chi connectivity index (χ0) is 12.1. The molecule has 3 heteroatoms. The molecule has 0 amide bonds. The Balaban J connectivity index is 3.82. The van der Waals surface area contributed by atoms with Crippen molar-refractivity contribution < 1.29 is 0 Å². The van der Waals surface area contributed by atoms with E-state index in [1.54, 1.807) is 0 Å². The molecule has 0 aromatic heterocycles. The number of rotatable bonds is 5. The van der Waals surface area contributed by atoms with Crippen molar-refractivity contribution in [2.45, 2.75) is 62.0 Å². The van der Waals surface area contributed by atoms with Crippen molar-refractivity contribution in [3.8, 4) is 0 Å². The van der Waals surface area contributed by atoms with Crippen LogP contribution in [0.2, 0.25) is 0 Å². The summed E-state index contributed by atoms with van der Waals surface area (Å²) in [5.41, 5.74) is 0. The van der Waals surface area contributed by atoms with E-state index in [1.165, 1.54) is 12.2 Å². The van der Waals surface area contributed by atoms with E-state index in [4.69, 9.17) is 0 Å². The lowest BCUT2D eigenvalue weighted by Gasteiger charge is -2.25. The highest BCUT2D eigenvalue weighted by atomic mass is 32.2. The number of thioether (sulfide) groups is 3. The normalized spacial score (nSPS) is 15.4. The van der Waals surface area contributed by atoms with Gasteiger partial charge in [0.25, 0.3) is 0 Å². The van der Waals surface area contributed by atoms with Crippen molar-refractivity contribution in [3.63, 3.8) is 0 Å². The summed E-state index contributed by atoms with van der Waals surface area (Å²) in [7, 11) is 0. The zero-order valence-corrected chi connectivity index (χ0v) is 13.7. The van der Waals surface area contributed by atoms with Crippen molar-refractivity contribution in [1.29, 1.82) is 0 Å². The summed E-state index contributed by atoms with van der Waals surface area (Å²) in [6.45, 7) is 13.8. The quantitative estimate of drug-likeness (QED) is 0.633. The summed E-state index contributed by atoms with van der Waals surface area (Å²) in [6, 6.07) is 0. The van der Waals surface area contributed by atoms with Crippen LogP contribution in [-0.2, 0) is 0 Å². The molecule has 0 fully saturated rings. The third-order valence-corrected chi connectivity index (χ3v) is 5.78. The van der Waals surface area contributed by atoms with E-state index < -0.39 is 0 Å². The molecule has 0 spiro atoms. The van der Waals surface area contributed by atoms with Gasteiger partial charge in [-0.15, -0.1) is 11.8 Å². The van der Waals surface area contributed by atoms with E-state index >= 15 is 0 Å². The van der Waals surface area contributed by atoms with Crippen LogP contribution >= 0.6 is 35.3 Å². The second-order valence-electron chi connectivity index (χ2n) is 5.64. The molecule has 0 saturated heterocycles. The van der Waals surface area contributed by atoms with Crippen LogP contribution in [0.5, 0.6) is 0 Å². The second-order valence-corrected chi connectivity index (χ2v) is 10.9. The average molecular weight is 267 g/mol. The SMILES string of the molecule is CSC(CCSC(C)(C)C)SC(C)(C)C. The summed E-state index contributed by atoms with van der Waals surface area (Å²) < 4.78 is 1.55. The third kappa shape index (κ3) is 11.3. The van der Waals surface area contributed by atoms with Gasteiger partial charge < -0.3 is 0 Å². The van der Waals surface area contributed by atoms with Crippen LogP contribution in [0.4, 0.5) is 0 Å². The topological polar surface area (TPSA) is 0 Å². The molecule has 0 aromatic carbocycles. The molecule has 0 heterocycles. The van der Waals surface area contributed by atoms with Gasteiger partial charge in [-0.05, 0) is 18.4 Å². The first-order valence-corrected chi connectivity index (χ1v) is 8.64. The minimum Gasteiger partial charge on any atom is -0.156 e. The van der Waals surface area contributed by atoms with Crippen LogP contribution in [0, 0.1) is 0 Å². The van der Waals surface area contributed by atoms with Crippen molar-refractivity contribution in [3.05, 3.63) is 0 Å². The Labute approximate surface area is 109 Å². The van der Waals surface area contributed by atoms with Crippen molar-refractivity contribution in [2.24, 2.45) is 0 Å². The number of hydrogen-bond donors (Lipinski definition) is 0. The molecule has 0 radical (unpaired) electrons. The minimum atomic E-state index is 0.389. The van der Waals surface area contributed by atoms with E-state index in [-0.39, 0.29) is 0 Å². The molecule has 0 aliphatic heterocycles. The molecule has 92 valence electrons. The van der Waals surface area contributed by atoms with Gasteiger partial charge in [-0.1, -0.05) is 41.5 Å². The predicted octanol–water partition coefficient (Wildman–Crippen LogP) is 5.13. The largest absolute Gasteiger partial charge is 0.156 e. The second kappa shape index (κ2) is 6.70. The van der Waals surface area contributed by atoms with Gasteiger partial charge in [-0.3, -0.25) is 0 Å².